The van der Waals surface area contributed by atoms with Crippen molar-refractivity contribution >= 4 is 5.91 Å². The summed E-state index contributed by atoms with van der Waals surface area (Å²) >= 11 is 0. The first kappa shape index (κ1) is 13.8. The van der Waals surface area contributed by atoms with Gasteiger partial charge < -0.3 is 5.32 Å². The standard InChI is InChI=1S/C10H20N4O/c1-2-3-4-5-6-8-12-10(15)7-9-13-14-11/h2-9H2,1H3,(H,12,15). The maximum atomic E-state index is 11.1. The molecule has 0 radical (unpaired) electrons. The van der Waals surface area contributed by atoms with Gasteiger partial charge in [0.05, 0.1) is 0 Å². The van der Waals surface area contributed by atoms with Crippen molar-refractivity contribution in [1.82, 2.24) is 5.32 Å². The van der Waals surface area contributed by atoms with E-state index in [4.69, 9.17) is 5.53 Å². The molecule has 0 fully saturated rings. The number of hydrogen-bond acceptors (Lipinski definition) is 2. The summed E-state index contributed by atoms with van der Waals surface area (Å²) in [6.45, 7) is 3.16. The minimum Gasteiger partial charge on any atom is -0.356 e. The summed E-state index contributed by atoms with van der Waals surface area (Å²) in [6, 6.07) is 0. The topological polar surface area (TPSA) is 77.9 Å². The van der Waals surface area contributed by atoms with Crippen LogP contribution in [0.3, 0.4) is 0 Å². The van der Waals surface area contributed by atoms with E-state index in [0.717, 1.165) is 13.0 Å². The molecule has 86 valence electrons. The maximum absolute atomic E-state index is 11.1. The van der Waals surface area contributed by atoms with Crippen LogP contribution in [0.15, 0.2) is 5.11 Å². The number of hydrogen-bond donors (Lipinski definition) is 1. The maximum Gasteiger partial charge on any atom is 0.220 e. The van der Waals surface area contributed by atoms with E-state index in [-0.39, 0.29) is 12.5 Å². The normalized spacial score (nSPS) is 9.40. The van der Waals surface area contributed by atoms with Crippen molar-refractivity contribution in [3.05, 3.63) is 10.4 Å². The van der Waals surface area contributed by atoms with Gasteiger partial charge in [-0.25, -0.2) is 0 Å². The molecule has 0 aromatic carbocycles. The third-order valence-electron chi connectivity index (χ3n) is 2.10. The number of carbonyl (C=O) groups excluding carboxylic acids is 1. The first-order valence-electron chi connectivity index (χ1n) is 5.58. The number of nitrogens with one attached hydrogen (secondary N) is 1. The average molecular weight is 212 g/mol. The van der Waals surface area contributed by atoms with Gasteiger partial charge in [-0.3, -0.25) is 4.79 Å². The fraction of sp³-hybridized carbons (Fsp3) is 0.900. The number of unbranched alkanes of at least 4 members (excludes halogenated alkanes) is 4. The lowest BCUT2D eigenvalue weighted by Crippen LogP contribution is -2.24. The zero-order valence-corrected chi connectivity index (χ0v) is 9.41. The summed E-state index contributed by atoms with van der Waals surface area (Å²) in [5, 5.41) is 6.10. The van der Waals surface area contributed by atoms with Gasteiger partial charge in [0.25, 0.3) is 0 Å². The Morgan fingerprint density at radius 2 is 2.07 bits per heavy atom. The first-order valence-corrected chi connectivity index (χ1v) is 5.58. The van der Waals surface area contributed by atoms with Gasteiger partial charge >= 0.3 is 0 Å². The Morgan fingerprint density at radius 3 is 2.73 bits per heavy atom. The van der Waals surface area contributed by atoms with E-state index in [0.29, 0.717) is 6.42 Å². The van der Waals surface area contributed by atoms with Gasteiger partial charge in [-0.1, -0.05) is 37.7 Å². The van der Waals surface area contributed by atoms with Crippen molar-refractivity contribution < 1.29 is 4.79 Å². The number of rotatable bonds is 9. The molecule has 5 nitrogen and oxygen atoms in total. The zero-order valence-electron chi connectivity index (χ0n) is 9.41. The second-order valence-corrected chi connectivity index (χ2v) is 3.47. The predicted octanol–water partition coefficient (Wildman–Crippen LogP) is 2.77. The number of amides is 1. The van der Waals surface area contributed by atoms with Crippen LogP contribution in [0.4, 0.5) is 0 Å². The molecule has 0 heterocycles. The number of carbonyl (C=O) groups is 1. The highest BCUT2D eigenvalue weighted by Gasteiger charge is 1.98. The van der Waals surface area contributed by atoms with Crippen LogP contribution in [0.5, 0.6) is 0 Å². The molecular formula is C10H20N4O. The summed E-state index contributed by atoms with van der Waals surface area (Å²) in [5.74, 6) is -0.0297. The van der Waals surface area contributed by atoms with Crippen LogP contribution in [-0.4, -0.2) is 19.0 Å². The molecule has 15 heavy (non-hydrogen) atoms. The monoisotopic (exact) mass is 212 g/mol. The van der Waals surface area contributed by atoms with Gasteiger partial charge in [0.15, 0.2) is 0 Å². The summed E-state index contributed by atoms with van der Waals surface area (Å²) in [7, 11) is 0. The lowest BCUT2D eigenvalue weighted by atomic mass is 10.1. The van der Waals surface area contributed by atoms with E-state index in [1.54, 1.807) is 0 Å². The third kappa shape index (κ3) is 10.7. The van der Waals surface area contributed by atoms with Crippen molar-refractivity contribution in [3.8, 4) is 0 Å². The highest BCUT2D eigenvalue weighted by atomic mass is 16.1. The Bertz CT molecular complexity index is 211. The van der Waals surface area contributed by atoms with Gasteiger partial charge in [0, 0.05) is 24.4 Å². The van der Waals surface area contributed by atoms with E-state index in [9.17, 15) is 4.79 Å². The van der Waals surface area contributed by atoms with Crippen molar-refractivity contribution in [3.63, 3.8) is 0 Å². The molecule has 0 aliphatic carbocycles. The molecule has 0 bridgehead atoms. The lowest BCUT2D eigenvalue weighted by Gasteiger charge is -2.03. The fourth-order valence-electron chi connectivity index (χ4n) is 1.24. The highest BCUT2D eigenvalue weighted by Crippen LogP contribution is 2.01. The summed E-state index contributed by atoms with van der Waals surface area (Å²) in [5.41, 5.74) is 8.00. The molecule has 0 saturated heterocycles. The first-order chi connectivity index (χ1) is 7.31. The van der Waals surface area contributed by atoms with Crippen LogP contribution in [-0.2, 0) is 4.79 Å². The Labute approximate surface area is 90.9 Å². The zero-order chi connectivity index (χ0) is 11.4. The molecule has 0 rings (SSSR count). The van der Waals surface area contributed by atoms with E-state index >= 15 is 0 Å². The van der Waals surface area contributed by atoms with E-state index in [2.05, 4.69) is 22.3 Å². The van der Waals surface area contributed by atoms with E-state index in [1.807, 2.05) is 0 Å². The van der Waals surface area contributed by atoms with Gasteiger partial charge in [-0.2, -0.15) is 0 Å². The minimum absolute atomic E-state index is 0.0297. The van der Waals surface area contributed by atoms with Crippen LogP contribution in [0.2, 0.25) is 0 Å². The summed E-state index contributed by atoms with van der Waals surface area (Å²) < 4.78 is 0. The fourth-order valence-corrected chi connectivity index (χ4v) is 1.24. The smallest absolute Gasteiger partial charge is 0.220 e. The molecule has 0 saturated carbocycles. The van der Waals surface area contributed by atoms with Crippen molar-refractivity contribution in [1.29, 1.82) is 0 Å². The van der Waals surface area contributed by atoms with Crippen molar-refractivity contribution in [2.24, 2.45) is 5.11 Å². The quantitative estimate of drug-likeness (QED) is 0.271. The van der Waals surface area contributed by atoms with Crippen molar-refractivity contribution in [2.75, 3.05) is 13.1 Å². The molecule has 0 unspecified atom stereocenters. The summed E-state index contributed by atoms with van der Waals surface area (Å²) in [6.07, 6.45) is 6.24. The molecule has 0 aromatic heterocycles. The van der Waals surface area contributed by atoms with Gasteiger partial charge in [-0.15, -0.1) is 0 Å². The Hall–Kier alpha value is -1.22. The molecule has 0 spiro atoms. The number of azide groups is 1. The molecule has 5 heteroatoms. The molecule has 0 atom stereocenters. The van der Waals surface area contributed by atoms with E-state index < -0.39 is 0 Å². The van der Waals surface area contributed by atoms with Crippen molar-refractivity contribution in [2.45, 2.75) is 45.4 Å². The number of nitrogens with zero attached hydrogens (tertiary/aromatic N) is 3. The van der Waals surface area contributed by atoms with Crippen LogP contribution in [0, 0.1) is 0 Å². The van der Waals surface area contributed by atoms with Crippen LogP contribution >= 0.6 is 0 Å². The Balaban J connectivity index is 3.20. The van der Waals surface area contributed by atoms with Crippen LogP contribution in [0.1, 0.15) is 45.4 Å². The third-order valence-corrected chi connectivity index (χ3v) is 2.10. The van der Waals surface area contributed by atoms with Crippen LogP contribution in [0.25, 0.3) is 10.4 Å². The SMILES string of the molecule is CCCCCCCNC(=O)CCN=[N+]=[N-]. The minimum atomic E-state index is -0.0297. The highest BCUT2D eigenvalue weighted by molar-refractivity contribution is 5.75. The molecule has 0 aliphatic heterocycles. The average Bonchev–Trinajstić information content (AvgIpc) is 2.23. The second-order valence-electron chi connectivity index (χ2n) is 3.47. The summed E-state index contributed by atoms with van der Waals surface area (Å²) in [4.78, 5) is 13.7. The Morgan fingerprint density at radius 1 is 1.33 bits per heavy atom. The van der Waals surface area contributed by atoms with Crippen LogP contribution < -0.4 is 5.32 Å². The predicted molar refractivity (Wildman–Crippen MR) is 60.4 cm³/mol. The lowest BCUT2D eigenvalue weighted by molar-refractivity contribution is -0.120. The molecule has 0 aromatic rings. The molecule has 1 amide bonds. The second kappa shape index (κ2) is 10.9. The molecule has 0 aliphatic rings. The molecular weight excluding hydrogens is 192 g/mol. The van der Waals surface area contributed by atoms with E-state index in [1.165, 1.54) is 25.7 Å². The van der Waals surface area contributed by atoms with Gasteiger partial charge in [-0.05, 0) is 12.0 Å². The van der Waals surface area contributed by atoms with Gasteiger partial charge in [0.2, 0.25) is 5.91 Å². The molecule has 1 N–H and O–H groups in total. The Kier molecular flexibility index (Phi) is 9.98. The largest absolute Gasteiger partial charge is 0.356 e. The van der Waals surface area contributed by atoms with Gasteiger partial charge in [0.1, 0.15) is 0 Å².